The van der Waals surface area contributed by atoms with E-state index in [0.717, 1.165) is 17.5 Å². The van der Waals surface area contributed by atoms with Crippen molar-refractivity contribution in [2.45, 2.75) is 19.8 Å². The molecule has 0 aliphatic heterocycles. The van der Waals surface area contributed by atoms with Crippen LogP contribution in [0.15, 0.2) is 42.5 Å². The van der Waals surface area contributed by atoms with Crippen LogP contribution in [0.5, 0.6) is 0 Å². The van der Waals surface area contributed by atoms with E-state index in [0.29, 0.717) is 6.42 Å². The molecule has 0 aromatic heterocycles. The van der Waals surface area contributed by atoms with Crippen molar-refractivity contribution in [3.63, 3.8) is 0 Å². The molecule has 0 unspecified atom stereocenters. The van der Waals surface area contributed by atoms with Gasteiger partial charge in [-0.05, 0) is 28.7 Å². The molecule has 0 radical (unpaired) electrons. The lowest BCUT2D eigenvalue weighted by Crippen LogP contribution is -2.14. The zero-order valence-electron chi connectivity index (χ0n) is 9.86. The highest BCUT2D eigenvalue weighted by Gasteiger charge is 2.23. The molecule has 1 nitrogen and oxygen atoms in total. The van der Waals surface area contributed by atoms with Gasteiger partial charge in [-0.3, -0.25) is 4.79 Å². The van der Waals surface area contributed by atoms with Crippen LogP contribution in [0.4, 0.5) is 0 Å². The minimum atomic E-state index is 0.244. The van der Waals surface area contributed by atoms with Gasteiger partial charge in [-0.15, -0.1) is 0 Å². The van der Waals surface area contributed by atoms with Gasteiger partial charge in [0.05, 0.1) is 0 Å². The highest BCUT2D eigenvalue weighted by atomic mass is 16.1. The molecule has 2 aromatic carbocycles. The fraction of sp³-hybridized carbons (Fsp3) is 0.188. The fourth-order valence-corrected chi connectivity index (χ4v) is 2.64. The first kappa shape index (κ1) is 10.3. The first-order valence-corrected chi connectivity index (χ1v) is 6.04. The van der Waals surface area contributed by atoms with E-state index in [4.69, 9.17) is 0 Å². The number of aryl methyl sites for hydroxylation is 1. The molecule has 0 amide bonds. The van der Waals surface area contributed by atoms with E-state index in [1.54, 1.807) is 0 Å². The number of carbonyl (C=O) groups is 1. The Bertz CT molecular complexity index is 596. The van der Waals surface area contributed by atoms with Gasteiger partial charge in [0.2, 0.25) is 0 Å². The van der Waals surface area contributed by atoms with Crippen molar-refractivity contribution in [2.75, 3.05) is 0 Å². The molecule has 1 aliphatic rings. The number of Topliss-reactive ketones (excluding diaryl/α,β-unsaturated/α-hetero) is 1. The maximum atomic E-state index is 12.1. The average Bonchev–Trinajstić information content (AvgIpc) is 2.39. The molecule has 0 bridgehead atoms. The number of carbonyl (C=O) groups excluding carboxylic acids is 1. The van der Waals surface area contributed by atoms with Gasteiger partial charge in [0.25, 0.3) is 0 Å². The van der Waals surface area contributed by atoms with Crippen LogP contribution in [0.3, 0.4) is 0 Å². The molecule has 0 spiro atoms. The Morgan fingerprint density at radius 3 is 2.41 bits per heavy atom. The molecule has 0 fully saturated rings. The van der Waals surface area contributed by atoms with Crippen LogP contribution in [0, 0.1) is 0 Å². The molecule has 1 aliphatic carbocycles. The van der Waals surface area contributed by atoms with Gasteiger partial charge < -0.3 is 0 Å². The molecular formula is C16H14O. The Hall–Kier alpha value is -1.89. The van der Waals surface area contributed by atoms with Crippen molar-refractivity contribution >= 4 is 5.78 Å². The second-order valence-corrected chi connectivity index (χ2v) is 4.44. The molecule has 0 heterocycles. The van der Waals surface area contributed by atoms with Gasteiger partial charge in [-0.25, -0.2) is 0 Å². The molecular weight excluding hydrogens is 208 g/mol. The van der Waals surface area contributed by atoms with E-state index in [1.807, 2.05) is 24.3 Å². The number of fused-ring (bicyclic) bond motifs is 3. The van der Waals surface area contributed by atoms with Crippen molar-refractivity contribution in [3.8, 4) is 11.1 Å². The minimum Gasteiger partial charge on any atom is -0.294 e. The van der Waals surface area contributed by atoms with Crippen molar-refractivity contribution in [3.05, 3.63) is 59.2 Å². The van der Waals surface area contributed by atoms with Crippen LogP contribution in [-0.2, 0) is 12.8 Å². The molecule has 0 N–H and O–H groups in total. The van der Waals surface area contributed by atoms with Crippen molar-refractivity contribution in [1.82, 2.24) is 0 Å². The molecule has 0 saturated carbocycles. The Labute approximate surface area is 101 Å². The van der Waals surface area contributed by atoms with Crippen molar-refractivity contribution in [1.29, 1.82) is 0 Å². The third kappa shape index (κ3) is 1.50. The maximum absolute atomic E-state index is 12.1. The van der Waals surface area contributed by atoms with Crippen LogP contribution in [0.1, 0.15) is 28.4 Å². The van der Waals surface area contributed by atoms with Gasteiger partial charge in [0.15, 0.2) is 5.78 Å². The second kappa shape index (κ2) is 3.85. The second-order valence-electron chi connectivity index (χ2n) is 4.44. The van der Waals surface area contributed by atoms with E-state index in [9.17, 15) is 4.79 Å². The van der Waals surface area contributed by atoms with E-state index in [2.05, 4.69) is 25.1 Å². The summed E-state index contributed by atoms with van der Waals surface area (Å²) in [6.45, 7) is 2.14. The Morgan fingerprint density at radius 1 is 0.941 bits per heavy atom. The third-order valence-corrected chi connectivity index (χ3v) is 3.51. The first-order valence-electron chi connectivity index (χ1n) is 6.04. The summed E-state index contributed by atoms with van der Waals surface area (Å²) in [5.41, 5.74) is 5.71. The van der Waals surface area contributed by atoms with E-state index in [1.165, 1.54) is 16.7 Å². The van der Waals surface area contributed by atoms with Gasteiger partial charge >= 0.3 is 0 Å². The van der Waals surface area contributed by atoms with Gasteiger partial charge in [0.1, 0.15) is 0 Å². The largest absolute Gasteiger partial charge is 0.294 e. The van der Waals surface area contributed by atoms with Crippen molar-refractivity contribution < 1.29 is 4.79 Å². The van der Waals surface area contributed by atoms with Gasteiger partial charge in [-0.1, -0.05) is 49.4 Å². The predicted octanol–water partition coefficient (Wildman–Crippen LogP) is 3.65. The number of benzene rings is 2. The Morgan fingerprint density at radius 2 is 1.65 bits per heavy atom. The smallest absolute Gasteiger partial charge is 0.167 e. The number of ketones is 1. The summed E-state index contributed by atoms with van der Waals surface area (Å²) in [7, 11) is 0. The lowest BCUT2D eigenvalue weighted by molar-refractivity contribution is 0.0991. The minimum absolute atomic E-state index is 0.244. The highest BCUT2D eigenvalue weighted by Crippen LogP contribution is 2.34. The molecule has 84 valence electrons. The summed E-state index contributed by atoms with van der Waals surface area (Å²) < 4.78 is 0. The van der Waals surface area contributed by atoms with Crippen LogP contribution in [-0.4, -0.2) is 5.78 Å². The summed E-state index contributed by atoms with van der Waals surface area (Å²) in [6, 6.07) is 14.2. The lowest BCUT2D eigenvalue weighted by atomic mass is 9.82. The molecule has 3 rings (SSSR count). The quantitative estimate of drug-likeness (QED) is 0.719. The van der Waals surface area contributed by atoms with Crippen LogP contribution in [0.2, 0.25) is 0 Å². The summed E-state index contributed by atoms with van der Waals surface area (Å²) in [5, 5.41) is 0. The normalized spacial score (nSPS) is 13.1. The predicted molar refractivity (Wildman–Crippen MR) is 69.3 cm³/mol. The summed E-state index contributed by atoms with van der Waals surface area (Å²) in [4.78, 5) is 12.1. The Balaban J connectivity index is 2.32. The average molecular weight is 222 g/mol. The highest BCUT2D eigenvalue weighted by molar-refractivity contribution is 6.07. The maximum Gasteiger partial charge on any atom is 0.167 e. The Kier molecular flexibility index (Phi) is 2.32. The van der Waals surface area contributed by atoms with Crippen LogP contribution < -0.4 is 0 Å². The molecule has 17 heavy (non-hydrogen) atoms. The van der Waals surface area contributed by atoms with E-state index in [-0.39, 0.29) is 5.78 Å². The summed E-state index contributed by atoms with van der Waals surface area (Å²) in [5.74, 6) is 0.244. The zero-order valence-corrected chi connectivity index (χ0v) is 9.86. The SMILES string of the molecule is CCc1cccc2c1CC(=O)c1ccccc1-2. The molecule has 0 saturated heterocycles. The van der Waals surface area contributed by atoms with E-state index < -0.39 is 0 Å². The van der Waals surface area contributed by atoms with Crippen LogP contribution >= 0.6 is 0 Å². The monoisotopic (exact) mass is 222 g/mol. The van der Waals surface area contributed by atoms with Crippen molar-refractivity contribution in [2.24, 2.45) is 0 Å². The number of rotatable bonds is 1. The lowest BCUT2D eigenvalue weighted by Gasteiger charge is -2.21. The van der Waals surface area contributed by atoms with E-state index >= 15 is 0 Å². The summed E-state index contributed by atoms with van der Waals surface area (Å²) in [6.07, 6.45) is 1.54. The molecule has 2 aromatic rings. The molecule has 1 heteroatoms. The van der Waals surface area contributed by atoms with Gasteiger partial charge in [0, 0.05) is 12.0 Å². The summed E-state index contributed by atoms with van der Waals surface area (Å²) >= 11 is 0. The first-order chi connectivity index (χ1) is 8.31. The standard InChI is InChI=1S/C16H14O/c1-2-11-6-5-9-13-12-7-3-4-8-14(12)16(17)10-15(11)13/h3-9H,2,10H2,1H3. The third-order valence-electron chi connectivity index (χ3n) is 3.51. The topological polar surface area (TPSA) is 17.1 Å². The number of hydrogen-bond donors (Lipinski definition) is 0. The molecule has 0 atom stereocenters. The van der Waals surface area contributed by atoms with Gasteiger partial charge in [-0.2, -0.15) is 0 Å². The van der Waals surface area contributed by atoms with Crippen LogP contribution in [0.25, 0.3) is 11.1 Å². The number of hydrogen-bond acceptors (Lipinski definition) is 1. The fourth-order valence-electron chi connectivity index (χ4n) is 2.64. The zero-order chi connectivity index (χ0) is 11.8.